The first-order chi connectivity index (χ1) is 9.08. The quantitative estimate of drug-likeness (QED) is 0.828. The summed E-state index contributed by atoms with van der Waals surface area (Å²) in [7, 11) is 0. The molecule has 0 spiro atoms. The van der Waals surface area contributed by atoms with E-state index in [0.29, 0.717) is 11.4 Å². The highest BCUT2D eigenvalue weighted by molar-refractivity contribution is 6.28. The van der Waals surface area contributed by atoms with E-state index in [1.54, 1.807) is 13.0 Å². The van der Waals surface area contributed by atoms with E-state index in [0.717, 1.165) is 25.7 Å². The van der Waals surface area contributed by atoms with Gasteiger partial charge in [-0.05, 0) is 49.8 Å². The van der Waals surface area contributed by atoms with Gasteiger partial charge in [0.05, 0.1) is 0 Å². The second-order valence-corrected chi connectivity index (χ2v) is 5.39. The third kappa shape index (κ3) is 3.88. The summed E-state index contributed by atoms with van der Waals surface area (Å²) in [4.78, 5) is 20.0. The summed E-state index contributed by atoms with van der Waals surface area (Å²) in [5, 5.41) is 12.2. The van der Waals surface area contributed by atoms with Gasteiger partial charge in [-0.2, -0.15) is 0 Å². The minimum absolute atomic E-state index is 0.0852. The topological polar surface area (TPSA) is 75.1 Å². The van der Waals surface area contributed by atoms with E-state index in [1.165, 1.54) is 0 Å². The number of aliphatic hydroxyl groups is 1. The van der Waals surface area contributed by atoms with Crippen LogP contribution >= 0.6 is 11.6 Å². The summed E-state index contributed by atoms with van der Waals surface area (Å²) in [6, 6.07) is 1.72. The van der Waals surface area contributed by atoms with Crippen molar-refractivity contribution in [2.24, 2.45) is 5.92 Å². The maximum absolute atomic E-state index is 12.1. The maximum atomic E-state index is 12.1. The molecule has 5 nitrogen and oxygen atoms in total. The van der Waals surface area contributed by atoms with Crippen LogP contribution in [0.4, 0.5) is 0 Å². The Balaban J connectivity index is 2.00. The van der Waals surface area contributed by atoms with Crippen molar-refractivity contribution in [3.05, 3.63) is 22.7 Å². The Morgan fingerprint density at radius 1 is 1.53 bits per heavy atom. The maximum Gasteiger partial charge on any atom is 0.270 e. The monoisotopic (exact) mass is 283 g/mol. The summed E-state index contributed by atoms with van der Waals surface area (Å²) in [6.45, 7) is 1.96. The molecule has 2 rings (SSSR count). The number of halogens is 1. The number of aliphatic hydroxyl groups excluding tert-OH is 1. The lowest BCUT2D eigenvalue weighted by molar-refractivity contribution is 0.0900. The number of carbonyl (C=O) groups is 1. The van der Waals surface area contributed by atoms with E-state index in [2.05, 4.69) is 15.3 Å². The van der Waals surface area contributed by atoms with E-state index in [-0.39, 0.29) is 29.8 Å². The van der Waals surface area contributed by atoms with Crippen LogP contribution in [0.5, 0.6) is 0 Å². The van der Waals surface area contributed by atoms with Crippen molar-refractivity contribution >= 4 is 17.5 Å². The first kappa shape index (κ1) is 14.2. The van der Waals surface area contributed by atoms with Crippen molar-refractivity contribution in [1.29, 1.82) is 0 Å². The molecule has 1 amide bonds. The van der Waals surface area contributed by atoms with Crippen LogP contribution in [0.3, 0.4) is 0 Å². The van der Waals surface area contributed by atoms with Gasteiger partial charge >= 0.3 is 0 Å². The van der Waals surface area contributed by atoms with Gasteiger partial charge in [0.2, 0.25) is 5.28 Å². The number of rotatable bonds is 3. The Bertz CT molecular complexity index is 447. The molecule has 0 bridgehead atoms. The van der Waals surface area contributed by atoms with Crippen LogP contribution in [0.1, 0.15) is 41.9 Å². The molecule has 2 atom stereocenters. The van der Waals surface area contributed by atoms with Crippen molar-refractivity contribution in [3.63, 3.8) is 0 Å². The van der Waals surface area contributed by atoms with Crippen LogP contribution < -0.4 is 5.32 Å². The lowest BCUT2D eigenvalue weighted by Crippen LogP contribution is -2.39. The third-order valence-electron chi connectivity index (χ3n) is 3.44. The number of amides is 1. The molecule has 0 aromatic carbocycles. The predicted octanol–water partition coefficient (Wildman–Crippen LogP) is 1.72. The fraction of sp³-hybridized carbons (Fsp3) is 0.615. The zero-order valence-corrected chi connectivity index (χ0v) is 11.7. The van der Waals surface area contributed by atoms with Gasteiger partial charge in [-0.3, -0.25) is 4.79 Å². The second-order valence-electron chi connectivity index (χ2n) is 5.05. The minimum atomic E-state index is -0.226. The fourth-order valence-corrected chi connectivity index (χ4v) is 2.72. The summed E-state index contributed by atoms with van der Waals surface area (Å²) in [6.07, 6.45) is 3.82. The van der Waals surface area contributed by atoms with Crippen LogP contribution in [-0.4, -0.2) is 33.6 Å². The van der Waals surface area contributed by atoms with Gasteiger partial charge in [-0.25, -0.2) is 9.97 Å². The number of aromatic nitrogens is 2. The van der Waals surface area contributed by atoms with Gasteiger partial charge < -0.3 is 10.4 Å². The molecule has 1 aromatic rings. The van der Waals surface area contributed by atoms with Crippen LogP contribution in [0.2, 0.25) is 5.28 Å². The first-order valence-corrected chi connectivity index (χ1v) is 6.89. The lowest BCUT2D eigenvalue weighted by Gasteiger charge is -2.28. The van der Waals surface area contributed by atoms with Crippen molar-refractivity contribution in [1.82, 2.24) is 15.3 Å². The number of carbonyl (C=O) groups excluding carboxylic acids is 1. The molecular weight excluding hydrogens is 266 g/mol. The Morgan fingerprint density at radius 3 is 3.00 bits per heavy atom. The average Bonchev–Trinajstić information content (AvgIpc) is 2.37. The van der Waals surface area contributed by atoms with Crippen LogP contribution in [-0.2, 0) is 0 Å². The normalized spacial score (nSPS) is 23.1. The predicted molar refractivity (Wildman–Crippen MR) is 72.1 cm³/mol. The van der Waals surface area contributed by atoms with Gasteiger partial charge in [-0.1, -0.05) is 6.42 Å². The highest BCUT2D eigenvalue weighted by atomic mass is 35.5. The molecular formula is C13H18ClN3O2. The van der Waals surface area contributed by atoms with E-state index in [1.807, 2.05) is 0 Å². The number of nitrogens with zero attached hydrogens (tertiary/aromatic N) is 2. The summed E-state index contributed by atoms with van der Waals surface area (Å²) >= 11 is 5.75. The van der Waals surface area contributed by atoms with Crippen LogP contribution in [0, 0.1) is 12.8 Å². The Morgan fingerprint density at radius 2 is 2.32 bits per heavy atom. The minimum Gasteiger partial charge on any atom is -0.396 e. The van der Waals surface area contributed by atoms with Crippen LogP contribution in [0.15, 0.2) is 6.07 Å². The summed E-state index contributed by atoms with van der Waals surface area (Å²) in [5.41, 5.74) is 0.964. The molecule has 1 aromatic heterocycles. The van der Waals surface area contributed by atoms with Crippen molar-refractivity contribution in [2.75, 3.05) is 6.61 Å². The molecule has 1 heterocycles. The molecule has 1 aliphatic rings. The molecule has 0 aliphatic heterocycles. The van der Waals surface area contributed by atoms with E-state index in [9.17, 15) is 9.90 Å². The highest BCUT2D eigenvalue weighted by Crippen LogP contribution is 2.23. The van der Waals surface area contributed by atoms with Crippen molar-refractivity contribution in [3.8, 4) is 0 Å². The molecule has 1 saturated carbocycles. The molecule has 2 unspecified atom stereocenters. The fourth-order valence-electron chi connectivity index (χ4n) is 2.50. The van der Waals surface area contributed by atoms with E-state index >= 15 is 0 Å². The van der Waals surface area contributed by atoms with Gasteiger partial charge in [0, 0.05) is 18.3 Å². The smallest absolute Gasteiger partial charge is 0.270 e. The summed E-state index contributed by atoms with van der Waals surface area (Å²) < 4.78 is 0. The Hall–Kier alpha value is -1.20. The van der Waals surface area contributed by atoms with E-state index < -0.39 is 0 Å². The third-order valence-corrected chi connectivity index (χ3v) is 3.60. The number of hydrogen-bond donors (Lipinski definition) is 2. The molecule has 0 radical (unpaired) electrons. The summed E-state index contributed by atoms with van der Waals surface area (Å²) in [5.74, 6) is 0.0609. The molecule has 2 N–H and O–H groups in total. The SMILES string of the molecule is Cc1cc(C(=O)NC2CCCC(CO)C2)nc(Cl)n1. The Kier molecular flexibility index (Phi) is 4.71. The Labute approximate surface area is 117 Å². The van der Waals surface area contributed by atoms with Gasteiger partial charge in [0.25, 0.3) is 5.91 Å². The first-order valence-electron chi connectivity index (χ1n) is 6.51. The number of nitrogens with one attached hydrogen (secondary N) is 1. The largest absolute Gasteiger partial charge is 0.396 e. The molecule has 104 valence electrons. The van der Waals surface area contributed by atoms with Gasteiger partial charge in [-0.15, -0.1) is 0 Å². The second kappa shape index (κ2) is 6.30. The molecule has 1 aliphatic carbocycles. The van der Waals surface area contributed by atoms with Gasteiger partial charge in [0.15, 0.2) is 0 Å². The molecule has 1 fully saturated rings. The molecule has 6 heteroatoms. The standard InChI is InChI=1S/C13H18ClN3O2/c1-8-5-11(17-13(14)15-8)12(19)16-10-4-2-3-9(6-10)7-18/h5,9-10,18H,2-4,6-7H2,1H3,(H,16,19). The van der Waals surface area contributed by atoms with Crippen molar-refractivity contribution in [2.45, 2.75) is 38.6 Å². The number of hydrogen-bond acceptors (Lipinski definition) is 4. The van der Waals surface area contributed by atoms with Crippen LogP contribution in [0.25, 0.3) is 0 Å². The molecule has 0 saturated heterocycles. The average molecular weight is 284 g/mol. The zero-order chi connectivity index (χ0) is 13.8. The van der Waals surface area contributed by atoms with E-state index in [4.69, 9.17) is 11.6 Å². The zero-order valence-electron chi connectivity index (χ0n) is 10.9. The number of aryl methyl sites for hydroxylation is 1. The molecule has 19 heavy (non-hydrogen) atoms. The highest BCUT2D eigenvalue weighted by Gasteiger charge is 2.23. The lowest BCUT2D eigenvalue weighted by atomic mass is 9.86. The van der Waals surface area contributed by atoms with Crippen molar-refractivity contribution < 1.29 is 9.90 Å². The van der Waals surface area contributed by atoms with Gasteiger partial charge in [0.1, 0.15) is 5.69 Å².